The molecule has 1 aromatic rings. The lowest BCUT2D eigenvalue weighted by molar-refractivity contribution is 0.149. The van der Waals surface area contributed by atoms with Gasteiger partial charge < -0.3 is 14.2 Å². The number of amides is 2. The van der Waals surface area contributed by atoms with E-state index in [1.165, 1.54) is 0 Å². The van der Waals surface area contributed by atoms with E-state index >= 15 is 0 Å². The molecule has 0 radical (unpaired) electrons. The van der Waals surface area contributed by atoms with Gasteiger partial charge in [-0.3, -0.25) is 10.7 Å². The maximum Gasteiger partial charge on any atom is 0.323 e. The van der Waals surface area contributed by atoms with Crippen molar-refractivity contribution in [3.63, 3.8) is 0 Å². The van der Waals surface area contributed by atoms with Crippen molar-refractivity contribution in [3.05, 3.63) is 18.2 Å². The molecule has 1 aliphatic heterocycles. The number of hydrogen-bond donors (Lipinski definition) is 2. The van der Waals surface area contributed by atoms with Crippen LogP contribution in [-0.4, -0.2) is 46.6 Å². The number of hydrogen-bond acceptors (Lipinski definition) is 4. The van der Waals surface area contributed by atoms with Gasteiger partial charge in [-0.1, -0.05) is 0 Å². The van der Waals surface area contributed by atoms with E-state index in [1.54, 1.807) is 24.5 Å². The van der Waals surface area contributed by atoms with Gasteiger partial charge in [-0.15, -0.1) is 0 Å². The Morgan fingerprint density at radius 2 is 2.37 bits per heavy atom. The van der Waals surface area contributed by atoms with E-state index in [0.29, 0.717) is 19.2 Å². The Morgan fingerprint density at radius 1 is 1.58 bits per heavy atom. The minimum atomic E-state index is -0.370. The van der Waals surface area contributed by atoms with Gasteiger partial charge in [0.2, 0.25) is 0 Å². The molecule has 1 aliphatic carbocycles. The number of imidazole rings is 1. The lowest BCUT2D eigenvalue weighted by Crippen LogP contribution is -2.33. The average molecular weight is 263 g/mol. The van der Waals surface area contributed by atoms with Crippen molar-refractivity contribution in [2.24, 2.45) is 0 Å². The zero-order valence-electron chi connectivity index (χ0n) is 10.8. The molecule has 7 heteroatoms. The zero-order valence-corrected chi connectivity index (χ0v) is 10.8. The normalized spacial score (nSPS) is 23.0. The number of ether oxygens (including phenoxy) is 1. The van der Waals surface area contributed by atoms with Gasteiger partial charge in [-0.2, -0.15) is 0 Å². The summed E-state index contributed by atoms with van der Waals surface area (Å²) in [6.07, 6.45) is 5.82. The Morgan fingerprint density at radius 3 is 3.05 bits per heavy atom. The van der Waals surface area contributed by atoms with E-state index in [-0.39, 0.29) is 17.9 Å². The molecular formula is C12H17N5O2. The summed E-state index contributed by atoms with van der Waals surface area (Å²) in [5.41, 5.74) is 0.905. The fourth-order valence-corrected chi connectivity index (χ4v) is 2.44. The standard InChI is InChI=1S/C12H17N5O2/c1-19-5-4-16-10(11(13)15-12(16)18)9-6-14-7-17(9)8-2-3-8/h6-8,10H,2-5H2,1H3,(H2,13,15,18). The number of nitrogens with zero attached hydrogens (tertiary/aromatic N) is 3. The van der Waals surface area contributed by atoms with Crippen LogP contribution in [0, 0.1) is 5.41 Å². The molecule has 1 aromatic heterocycles. The van der Waals surface area contributed by atoms with E-state index in [1.807, 2.05) is 0 Å². The number of carbonyl (C=O) groups excluding carboxylic acids is 1. The molecule has 0 spiro atoms. The zero-order chi connectivity index (χ0) is 13.4. The van der Waals surface area contributed by atoms with Gasteiger partial charge in [0.15, 0.2) is 0 Å². The predicted molar refractivity (Wildman–Crippen MR) is 68.1 cm³/mol. The van der Waals surface area contributed by atoms with E-state index < -0.39 is 0 Å². The van der Waals surface area contributed by atoms with Gasteiger partial charge in [0.1, 0.15) is 11.9 Å². The minimum Gasteiger partial charge on any atom is -0.383 e. The highest BCUT2D eigenvalue weighted by Gasteiger charge is 2.40. The maximum atomic E-state index is 11.9. The van der Waals surface area contributed by atoms with Crippen molar-refractivity contribution in [3.8, 4) is 0 Å². The second-order valence-electron chi connectivity index (χ2n) is 4.89. The fourth-order valence-electron chi connectivity index (χ4n) is 2.44. The summed E-state index contributed by atoms with van der Waals surface area (Å²) in [5.74, 6) is 0.212. The van der Waals surface area contributed by atoms with Crippen LogP contribution < -0.4 is 5.32 Å². The highest BCUT2D eigenvalue weighted by Crippen LogP contribution is 2.38. The number of nitrogens with one attached hydrogen (secondary N) is 2. The molecule has 19 heavy (non-hydrogen) atoms. The lowest BCUT2D eigenvalue weighted by Gasteiger charge is -2.23. The molecule has 2 fully saturated rings. The summed E-state index contributed by atoms with van der Waals surface area (Å²) >= 11 is 0. The first-order valence-electron chi connectivity index (χ1n) is 6.39. The number of methoxy groups -OCH3 is 1. The van der Waals surface area contributed by atoms with Crippen molar-refractivity contribution in [2.45, 2.75) is 24.9 Å². The van der Waals surface area contributed by atoms with Crippen molar-refractivity contribution < 1.29 is 9.53 Å². The van der Waals surface area contributed by atoms with Crippen molar-refractivity contribution in [2.75, 3.05) is 20.3 Å². The number of carbonyl (C=O) groups is 1. The first-order chi connectivity index (χ1) is 9.22. The molecule has 2 N–H and O–H groups in total. The molecule has 0 aromatic carbocycles. The minimum absolute atomic E-state index is 0.212. The molecule has 2 heterocycles. The molecule has 2 amide bonds. The van der Waals surface area contributed by atoms with Crippen molar-refractivity contribution in [1.29, 1.82) is 5.41 Å². The van der Waals surface area contributed by atoms with Crippen molar-refractivity contribution >= 4 is 11.9 Å². The molecular weight excluding hydrogens is 246 g/mol. The van der Waals surface area contributed by atoms with Gasteiger partial charge >= 0.3 is 6.03 Å². The number of amidine groups is 1. The highest BCUT2D eigenvalue weighted by molar-refractivity contribution is 6.05. The lowest BCUT2D eigenvalue weighted by atomic mass is 10.2. The first kappa shape index (κ1) is 12.2. The van der Waals surface area contributed by atoms with Gasteiger partial charge in [0.05, 0.1) is 24.8 Å². The first-order valence-corrected chi connectivity index (χ1v) is 6.39. The highest BCUT2D eigenvalue weighted by atomic mass is 16.5. The topological polar surface area (TPSA) is 83.2 Å². The summed E-state index contributed by atoms with van der Waals surface area (Å²) in [6.45, 7) is 0.917. The monoisotopic (exact) mass is 263 g/mol. The third-order valence-corrected chi connectivity index (χ3v) is 3.54. The second kappa shape index (κ2) is 4.65. The van der Waals surface area contributed by atoms with E-state index in [9.17, 15) is 4.79 Å². The number of urea groups is 1. The maximum absolute atomic E-state index is 11.9. The van der Waals surface area contributed by atoms with E-state index in [2.05, 4.69) is 14.9 Å². The summed E-state index contributed by atoms with van der Waals surface area (Å²) in [7, 11) is 1.60. The Balaban J connectivity index is 1.89. The van der Waals surface area contributed by atoms with Gasteiger partial charge in [-0.25, -0.2) is 9.78 Å². The molecule has 1 atom stereocenters. The van der Waals surface area contributed by atoms with Crippen LogP contribution in [0.5, 0.6) is 0 Å². The van der Waals surface area contributed by atoms with Gasteiger partial charge in [0.25, 0.3) is 0 Å². The van der Waals surface area contributed by atoms with Crippen molar-refractivity contribution in [1.82, 2.24) is 19.8 Å². The predicted octanol–water partition coefficient (Wildman–Crippen LogP) is 0.908. The molecule has 1 saturated carbocycles. The molecule has 3 rings (SSSR count). The van der Waals surface area contributed by atoms with E-state index in [0.717, 1.165) is 18.5 Å². The average Bonchev–Trinajstić information content (AvgIpc) is 3.05. The summed E-state index contributed by atoms with van der Waals surface area (Å²) in [6, 6.07) is -0.133. The molecule has 1 saturated heterocycles. The number of rotatable bonds is 5. The number of aromatic nitrogens is 2. The Hall–Kier alpha value is -1.89. The quantitative estimate of drug-likeness (QED) is 0.828. The summed E-state index contributed by atoms with van der Waals surface area (Å²) in [4.78, 5) is 17.7. The van der Waals surface area contributed by atoms with Gasteiger partial charge in [-0.05, 0) is 12.8 Å². The molecule has 7 nitrogen and oxygen atoms in total. The van der Waals surface area contributed by atoms with Crippen LogP contribution >= 0.6 is 0 Å². The summed E-state index contributed by atoms with van der Waals surface area (Å²) in [5, 5.41) is 10.6. The molecule has 1 unspecified atom stereocenters. The van der Waals surface area contributed by atoms with Gasteiger partial charge in [0, 0.05) is 19.7 Å². The fraction of sp³-hybridized carbons (Fsp3) is 0.583. The Labute approximate surface area is 111 Å². The third-order valence-electron chi connectivity index (χ3n) is 3.54. The Bertz CT molecular complexity index is 508. The Kier molecular flexibility index (Phi) is 2.98. The van der Waals surface area contributed by atoms with Crippen LogP contribution in [0.4, 0.5) is 4.79 Å². The van der Waals surface area contributed by atoms with Crippen LogP contribution in [0.15, 0.2) is 12.5 Å². The van der Waals surface area contributed by atoms with Crippen LogP contribution in [0.2, 0.25) is 0 Å². The summed E-state index contributed by atoms with van der Waals surface area (Å²) < 4.78 is 7.11. The van der Waals surface area contributed by atoms with Crippen LogP contribution in [0.3, 0.4) is 0 Å². The van der Waals surface area contributed by atoms with E-state index in [4.69, 9.17) is 10.1 Å². The van der Waals surface area contributed by atoms with Crippen LogP contribution in [-0.2, 0) is 4.74 Å². The molecule has 102 valence electrons. The van der Waals surface area contributed by atoms with Crippen LogP contribution in [0.25, 0.3) is 0 Å². The second-order valence-corrected chi connectivity index (χ2v) is 4.89. The smallest absolute Gasteiger partial charge is 0.323 e. The molecule has 2 aliphatic rings. The van der Waals surface area contributed by atoms with Crippen LogP contribution in [0.1, 0.15) is 30.6 Å². The SMILES string of the molecule is COCCN1C(=O)NC(=N)C1c1cncn1C1CC1. The largest absolute Gasteiger partial charge is 0.383 e. The third kappa shape index (κ3) is 2.10. The molecule has 0 bridgehead atoms.